The fraction of sp³-hybridized carbons (Fsp3) is 0.538. The number of ether oxygens (including phenoxy) is 1. The van der Waals surface area contributed by atoms with Gasteiger partial charge in [-0.1, -0.05) is 37.3 Å². The molecule has 82 valence electrons. The molecular weight excluding hydrogens is 186 g/mol. The molecule has 0 amide bonds. The van der Waals surface area contributed by atoms with Gasteiger partial charge in [0.1, 0.15) is 0 Å². The van der Waals surface area contributed by atoms with Gasteiger partial charge in [-0.2, -0.15) is 0 Å². The third kappa shape index (κ3) is 2.58. The fourth-order valence-corrected chi connectivity index (χ4v) is 1.93. The maximum absolute atomic E-state index is 6.14. The van der Waals surface area contributed by atoms with E-state index in [1.807, 2.05) is 18.2 Å². The Bertz CT molecular complexity index is 306. The van der Waals surface area contributed by atoms with Gasteiger partial charge in [0.2, 0.25) is 0 Å². The van der Waals surface area contributed by atoms with E-state index in [1.165, 1.54) is 5.56 Å². The van der Waals surface area contributed by atoms with Gasteiger partial charge in [-0.15, -0.1) is 0 Å². The second-order valence-corrected chi connectivity index (χ2v) is 4.43. The molecule has 1 aliphatic carbocycles. The van der Waals surface area contributed by atoms with Crippen LogP contribution < -0.4 is 5.73 Å². The van der Waals surface area contributed by atoms with E-state index in [1.54, 1.807) is 0 Å². The normalized spacial score (nSPS) is 19.9. The van der Waals surface area contributed by atoms with Gasteiger partial charge in [-0.05, 0) is 24.8 Å². The summed E-state index contributed by atoms with van der Waals surface area (Å²) in [6, 6.07) is 10.3. The van der Waals surface area contributed by atoms with Crippen LogP contribution in [0.3, 0.4) is 0 Å². The van der Waals surface area contributed by atoms with E-state index in [0.717, 1.165) is 19.3 Å². The largest absolute Gasteiger partial charge is 0.372 e. The Hall–Kier alpha value is -0.860. The Morgan fingerprint density at radius 3 is 2.53 bits per heavy atom. The van der Waals surface area contributed by atoms with Crippen LogP contribution in [0, 0.1) is 0 Å². The fourth-order valence-electron chi connectivity index (χ4n) is 1.93. The lowest BCUT2D eigenvalue weighted by atomic mass is 10.1. The van der Waals surface area contributed by atoms with Crippen LogP contribution in [0.1, 0.15) is 31.7 Å². The Labute approximate surface area is 91.4 Å². The van der Waals surface area contributed by atoms with Crippen molar-refractivity contribution in [3.05, 3.63) is 35.9 Å². The van der Waals surface area contributed by atoms with Gasteiger partial charge in [-0.3, -0.25) is 0 Å². The van der Waals surface area contributed by atoms with Crippen LogP contribution >= 0.6 is 0 Å². The molecule has 1 atom stereocenters. The molecule has 1 aliphatic rings. The van der Waals surface area contributed by atoms with E-state index in [0.29, 0.717) is 6.61 Å². The Morgan fingerprint density at radius 2 is 2.00 bits per heavy atom. The summed E-state index contributed by atoms with van der Waals surface area (Å²) >= 11 is 0. The number of hydrogen-bond donors (Lipinski definition) is 1. The summed E-state index contributed by atoms with van der Waals surface area (Å²) in [5.41, 5.74) is 7.34. The summed E-state index contributed by atoms with van der Waals surface area (Å²) in [5, 5.41) is 0. The third-order valence-electron chi connectivity index (χ3n) is 3.13. The lowest BCUT2D eigenvalue weighted by Crippen LogP contribution is -2.38. The highest BCUT2D eigenvalue weighted by molar-refractivity contribution is 5.14. The van der Waals surface area contributed by atoms with E-state index in [2.05, 4.69) is 19.1 Å². The zero-order chi connectivity index (χ0) is 10.7. The molecule has 0 aliphatic heterocycles. The molecule has 0 bridgehead atoms. The molecule has 1 aromatic carbocycles. The molecule has 2 heteroatoms. The molecule has 1 aromatic rings. The molecule has 2 rings (SSSR count). The van der Waals surface area contributed by atoms with E-state index < -0.39 is 0 Å². The number of hydrogen-bond acceptors (Lipinski definition) is 2. The molecule has 15 heavy (non-hydrogen) atoms. The summed E-state index contributed by atoms with van der Waals surface area (Å²) in [4.78, 5) is 0. The first-order valence-electron chi connectivity index (χ1n) is 5.69. The molecule has 1 unspecified atom stereocenters. The van der Waals surface area contributed by atoms with Crippen molar-refractivity contribution in [1.82, 2.24) is 0 Å². The molecule has 0 radical (unpaired) electrons. The Balaban J connectivity index is 1.87. The first kappa shape index (κ1) is 10.7. The van der Waals surface area contributed by atoms with E-state index in [-0.39, 0.29) is 11.6 Å². The molecule has 1 saturated carbocycles. The molecule has 0 aromatic heterocycles. The smallest absolute Gasteiger partial charge is 0.0756 e. The van der Waals surface area contributed by atoms with Crippen LogP contribution in [0.15, 0.2) is 30.3 Å². The van der Waals surface area contributed by atoms with Crippen molar-refractivity contribution >= 4 is 0 Å². The second kappa shape index (κ2) is 4.33. The standard InChI is InChI=1S/C13H19NO/c1-2-12(13(14)8-9-13)15-10-11-6-4-3-5-7-11/h3-7,12H,2,8-10,14H2,1H3. The van der Waals surface area contributed by atoms with Gasteiger partial charge in [0.15, 0.2) is 0 Å². The van der Waals surface area contributed by atoms with Gasteiger partial charge in [0.25, 0.3) is 0 Å². The SMILES string of the molecule is CCC(OCc1ccccc1)C1(N)CC1. The van der Waals surface area contributed by atoms with Gasteiger partial charge in [0, 0.05) is 5.54 Å². The van der Waals surface area contributed by atoms with Crippen molar-refractivity contribution in [2.24, 2.45) is 5.73 Å². The minimum atomic E-state index is -0.0243. The summed E-state index contributed by atoms with van der Waals surface area (Å²) in [6.07, 6.45) is 3.45. The topological polar surface area (TPSA) is 35.2 Å². The number of benzene rings is 1. The van der Waals surface area contributed by atoms with Crippen molar-refractivity contribution in [3.8, 4) is 0 Å². The van der Waals surface area contributed by atoms with E-state index >= 15 is 0 Å². The monoisotopic (exact) mass is 205 g/mol. The Morgan fingerprint density at radius 1 is 1.33 bits per heavy atom. The summed E-state index contributed by atoms with van der Waals surface area (Å²) in [6.45, 7) is 2.82. The lowest BCUT2D eigenvalue weighted by molar-refractivity contribution is 0.0143. The minimum absolute atomic E-state index is 0.0243. The average molecular weight is 205 g/mol. The van der Waals surface area contributed by atoms with E-state index in [9.17, 15) is 0 Å². The summed E-state index contributed by atoms with van der Waals surface area (Å²) in [7, 11) is 0. The number of rotatable bonds is 5. The first-order valence-corrected chi connectivity index (χ1v) is 5.69. The highest BCUT2D eigenvalue weighted by Crippen LogP contribution is 2.38. The molecule has 0 saturated heterocycles. The second-order valence-electron chi connectivity index (χ2n) is 4.43. The predicted octanol–water partition coefficient (Wildman–Crippen LogP) is 2.47. The quantitative estimate of drug-likeness (QED) is 0.801. The van der Waals surface area contributed by atoms with Crippen molar-refractivity contribution in [2.75, 3.05) is 0 Å². The van der Waals surface area contributed by atoms with Crippen LogP contribution in [0.2, 0.25) is 0 Å². The van der Waals surface area contributed by atoms with Crippen LogP contribution in [0.5, 0.6) is 0 Å². The first-order chi connectivity index (χ1) is 7.24. The maximum Gasteiger partial charge on any atom is 0.0756 e. The maximum atomic E-state index is 6.14. The highest BCUT2D eigenvalue weighted by Gasteiger charge is 2.45. The predicted molar refractivity (Wildman–Crippen MR) is 61.5 cm³/mol. The molecular formula is C13H19NO. The Kier molecular flexibility index (Phi) is 3.08. The van der Waals surface area contributed by atoms with Crippen LogP contribution in [-0.2, 0) is 11.3 Å². The lowest BCUT2D eigenvalue weighted by Gasteiger charge is -2.22. The van der Waals surface area contributed by atoms with Gasteiger partial charge < -0.3 is 10.5 Å². The minimum Gasteiger partial charge on any atom is -0.372 e. The van der Waals surface area contributed by atoms with Crippen molar-refractivity contribution in [2.45, 2.75) is 44.4 Å². The summed E-state index contributed by atoms with van der Waals surface area (Å²) in [5.74, 6) is 0. The van der Waals surface area contributed by atoms with Crippen LogP contribution in [0.4, 0.5) is 0 Å². The van der Waals surface area contributed by atoms with E-state index in [4.69, 9.17) is 10.5 Å². The molecule has 1 fully saturated rings. The molecule has 2 N–H and O–H groups in total. The summed E-state index contributed by atoms with van der Waals surface area (Å²) < 4.78 is 5.88. The zero-order valence-electron chi connectivity index (χ0n) is 9.28. The molecule has 0 spiro atoms. The zero-order valence-corrected chi connectivity index (χ0v) is 9.28. The van der Waals surface area contributed by atoms with Crippen molar-refractivity contribution in [3.63, 3.8) is 0 Å². The number of nitrogens with two attached hydrogens (primary N) is 1. The average Bonchev–Trinajstić information content (AvgIpc) is 3.00. The van der Waals surface area contributed by atoms with Gasteiger partial charge in [-0.25, -0.2) is 0 Å². The molecule has 2 nitrogen and oxygen atoms in total. The van der Waals surface area contributed by atoms with Crippen molar-refractivity contribution < 1.29 is 4.74 Å². The molecule has 0 heterocycles. The van der Waals surface area contributed by atoms with Crippen molar-refractivity contribution in [1.29, 1.82) is 0 Å². The van der Waals surface area contributed by atoms with Gasteiger partial charge in [0.05, 0.1) is 12.7 Å². The van der Waals surface area contributed by atoms with Gasteiger partial charge >= 0.3 is 0 Å². The third-order valence-corrected chi connectivity index (χ3v) is 3.13. The van der Waals surface area contributed by atoms with Crippen LogP contribution in [0.25, 0.3) is 0 Å². The highest BCUT2D eigenvalue weighted by atomic mass is 16.5. The van der Waals surface area contributed by atoms with Crippen LogP contribution in [-0.4, -0.2) is 11.6 Å².